The maximum Gasteiger partial charge on any atom is 0.411 e. The first-order chi connectivity index (χ1) is 23.2. The van der Waals surface area contributed by atoms with E-state index in [1.807, 2.05) is 30.3 Å². The summed E-state index contributed by atoms with van der Waals surface area (Å²) in [6.45, 7) is 0.254. The van der Waals surface area contributed by atoms with Gasteiger partial charge in [-0.05, 0) is 66.8 Å². The quantitative estimate of drug-likeness (QED) is 0.144. The number of ether oxygens (including phenoxy) is 3. The number of hydrogen-bond donors (Lipinski definition) is 2. The van der Waals surface area contributed by atoms with Crippen LogP contribution in [0.25, 0.3) is 0 Å². The predicted octanol–water partition coefficient (Wildman–Crippen LogP) is 6.28. The van der Waals surface area contributed by atoms with Crippen LogP contribution in [0.15, 0.2) is 84.9 Å². The predicted molar refractivity (Wildman–Crippen MR) is 169 cm³/mol. The zero-order valence-corrected chi connectivity index (χ0v) is 25.7. The van der Waals surface area contributed by atoms with Gasteiger partial charge in [-0.2, -0.15) is 0 Å². The summed E-state index contributed by atoms with van der Waals surface area (Å²) in [5.41, 5.74) is 2.97. The maximum absolute atomic E-state index is 13.7. The molecule has 2 heterocycles. The molecule has 6 rings (SSSR count). The smallest absolute Gasteiger partial charge is 0.411 e. The van der Waals surface area contributed by atoms with Gasteiger partial charge in [-0.3, -0.25) is 25.0 Å². The molecule has 12 heteroatoms. The first-order valence-electron chi connectivity index (χ1n) is 15.4. The van der Waals surface area contributed by atoms with Crippen LogP contribution in [0, 0.1) is 11.6 Å². The van der Waals surface area contributed by atoms with E-state index in [9.17, 15) is 28.0 Å². The molecule has 246 valence electrons. The van der Waals surface area contributed by atoms with E-state index in [-0.39, 0.29) is 50.0 Å². The van der Waals surface area contributed by atoms with Crippen LogP contribution in [0.4, 0.5) is 19.3 Å². The molecule has 2 aliphatic heterocycles. The van der Waals surface area contributed by atoms with Crippen molar-refractivity contribution in [1.29, 1.82) is 0 Å². The first kappa shape index (κ1) is 32.2. The van der Waals surface area contributed by atoms with Crippen LogP contribution in [-0.4, -0.2) is 41.4 Å². The summed E-state index contributed by atoms with van der Waals surface area (Å²) in [6.07, 6.45) is 1.01. The largest absolute Gasteiger partial charge is 0.492 e. The normalized spacial score (nSPS) is 15.5. The number of fused-ring (bicyclic) bond motifs is 1. The molecule has 4 amide bonds. The second kappa shape index (κ2) is 14.3. The number of nitrogens with zero attached hydrogens (tertiary/aromatic N) is 1. The molecule has 0 spiro atoms. The van der Waals surface area contributed by atoms with E-state index in [0.717, 1.165) is 24.1 Å². The molecule has 0 aliphatic carbocycles. The van der Waals surface area contributed by atoms with Crippen molar-refractivity contribution >= 4 is 29.5 Å². The summed E-state index contributed by atoms with van der Waals surface area (Å²) < 4.78 is 43.9. The lowest BCUT2D eigenvalue weighted by atomic mass is 10.0. The third-order valence-electron chi connectivity index (χ3n) is 8.01. The van der Waals surface area contributed by atoms with Crippen molar-refractivity contribution in [2.45, 2.75) is 44.9 Å². The average Bonchev–Trinajstić information content (AvgIpc) is 3.41. The highest BCUT2D eigenvalue weighted by atomic mass is 19.2. The van der Waals surface area contributed by atoms with Gasteiger partial charge in [-0.15, -0.1) is 0 Å². The number of carbonyl (C=O) groups is 4. The van der Waals surface area contributed by atoms with E-state index in [1.165, 1.54) is 11.0 Å². The zero-order valence-electron chi connectivity index (χ0n) is 25.7. The Hall–Kier alpha value is -5.78. The third-order valence-corrected chi connectivity index (χ3v) is 8.01. The minimum atomic E-state index is -1.03. The van der Waals surface area contributed by atoms with Gasteiger partial charge in [0, 0.05) is 30.3 Å². The van der Waals surface area contributed by atoms with E-state index >= 15 is 0 Å². The van der Waals surface area contributed by atoms with Crippen molar-refractivity contribution < 1.29 is 42.2 Å². The molecule has 1 saturated heterocycles. The molecule has 1 fully saturated rings. The molecule has 0 aromatic heterocycles. The lowest BCUT2D eigenvalue weighted by molar-refractivity contribution is -0.136. The number of rotatable bonds is 11. The van der Waals surface area contributed by atoms with Gasteiger partial charge >= 0.3 is 6.09 Å². The number of anilines is 1. The van der Waals surface area contributed by atoms with Crippen molar-refractivity contribution in [3.05, 3.63) is 119 Å². The Morgan fingerprint density at radius 2 is 1.69 bits per heavy atom. The molecule has 1 atom stereocenters. The van der Waals surface area contributed by atoms with Crippen molar-refractivity contribution in [3.63, 3.8) is 0 Å². The standard InChI is InChI=1S/C36H31F2N3O7/c37-28-15-14-27(19-29(28)38)48-26-12-10-25(11-13-26)39-36(45)47-21-24-9-8-23-20-41(30-16-17-31(42)40-34(30)43)35(44)32(23)33(24)46-18-4-7-22-5-2-1-3-6-22/h1-3,5-6,8-15,19,30H,4,7,16-18,20-21H2,(H,39,45)(H,40,42,43)/t30-/m0/s1. The molecule has 4 aromatic carbocycles. The Morgan fingerprint density at radius 1 is 0.917 bits per heavy atom. The third kappa shape index (κ3) is 7.43. The summed E-state index contributed by atoms with van der Waals surface area (Å²) in [5.74, 6) is -2.56. The first-order valence-corrected chi connectivity index (χ1v) is 15.4. The fourth-order valence-electron chi connectivity index (χ4n) is 5.62. The zero-order chi connectivity index (χ0) is 33.6. The molecular weight excluding hydrogens is 624 g/mol. The Labute approximate surface area is 274 Å². The van der Waals surface area contributed by atoms with Gasteiger partial charge in [0.15, 0.2) is 11.6 Å². The van der Waals surface area contributed by atoms with E-state index in [4.69, 9.17) is 14.2 Å². The summed E-state index contributed by atoms with van der Waals surface area (Å²) in [4.78, 5) is 52.2. The SMILES string of the molecule is O=C1CC[C@H](N2Cc3ccc(COC(=O)Nc4ccc(Oc5ccc(F)c(F)c5)cc4)c(OCCCc4ccccc4)c3C2=O)C(=O)N1. The molecule has 2 aliphatic rings. The Kier molecular flexibility index (Phi) is 9.60. The van der Waals surface area contributed by atoms with Gasteiger partial charge < -0.3 is 19.1 Å². The summed E-state index contributed by atoms with van der Waals surface area (Å²) in [7, 11) is 0. The molecule has 0 saturated carbocycles. The molecule has 2 N–H and O–H groups in total. The lowest BCUT2D eigenvalue weighted by Crippen LogP contribution is -2.52. The van der Waals surface area contributed by atoms with Crippen molar-refractivity contribution in [3.8, 4) is 17.2 Å². The van der Waals surface area contributed by atoms with Crippen LogP contribution in [0.1, 0.15) is 46.3 Å². The number of imide groups is 1. The number of halogens is 2. The van der Waals surface area contributed by atoms with Crippen LogP contribution in [0.5, 0.6) is 17.2 Å². The van der Waals surface area contributed by atoms with Crippen LogP contribution in [-0.2, 0) is 33.9 Å². The van der Waals surface area contributed by atoms with E-state index in [1.54, 1.807) is 36.4 Å². The van der Waals surface area contributed by atoms with Gasteiger partial charge in [0.2, 0.25) is 11.8 Å². The summed E-state index contributed by atoms with van der Waals surface area (Å²) >= 11 is 0. The number of benzene rings is 4. The van der Waals surface area contributed by atoms with E-state index < -0.39 is 35.6 Å². The van der Waals surface area contributed by atoms with E-state index in [2.05, 4.69) is 10.6 Å². The number of amides is 4. The minimum absolute atomic E-state index is 0.111. The average molecular weight is 656 g/mol. The lowest BCUT2D eigenvalue weighted by Gasteiger charge is -2.29. The van der Waals surface area contributed by atoms with E-state index in [0.29, 0.717) is 34.5 Å². The fraction of sp³-hybridized carbons (Fsp3) is 0.222. The summed E-state index contributed by atoms with van der Waals surface area (Å²) in [6, 6.07) is 22.0. The Balaban J connectivity index is 1.12. The number of aryl methyl sites for hydroxylation is 1. The second-order valence-corrected chi connectivity index (χ2v) is 11.3. The number of nitrogens with one attached hydrogen (secondary N) is 2. The second-order valence-electron chi connectivity index (χ2n) is 11.3. The molecule has 4 aromatic rings. The van der Waals surface area contributed by atoms with Crippen molar-refractivity contribution in [2.24, 2.45) is 0 Å². The molecule has 0 bridgehead atoms. The van der Waals surface area contributed by atoms with Crippen molar-refractivity contribution in [1.82, 2.24) is 10.2 Å². The fourth-order valence-corrected chi connectivity index (χ4v) is 5.62. The van der Waals surface area contributed by atoms with Crippen LogP contribution < -0.4 is 20.1 Å². The van der Waals surface area contributed by atoms with Gasteiger partial charge in [0.25, 0.3) is 5.91 Å². The number of carbonyl (C=O) groups excluding carboxylic acids is 4. The molecular formula is C36H31F2N3O7. The number of hydrogen-bond acceptors (Lipinski definition) is 7. The highest BCUT2D eigenvalue weighted by Gasteiger charge is 2.41. The summed E-state index contributed by atoms with van der Waals surface area (Å²) in [5, 5.41) is 4.92. The maximum atomic E-state index is 13.7. The van der Waals surface area contributed by atoms with Crippen LogP contribution in [0.3, 0.4) is 0 Å². The minimum Gasteiger partial charge on any atom is -0.492 e. The Bertz CT molecular complexity index is 1850. The molecule has 0 radical (unpaired) electrons. The highest BCUT2D eigenvalue weighted by molar-refractivity contribution is 6.06. The van der Waals surface area contributed by atoms with Gasteiger partial charge in [0.1, 0.15) is 29.9 Å². The van der Waals surface area contributed by atoms with Crippen LogP contribution >= 0.6 is 0 Å². The monoisotopic (exact) mass is 655 g/mol. The highest BCUT2D eigenvalue weighted by Crippen LogP contribution is 2.37. The molecule has 10 nitrogen and oxygen atoms in total. The molecule has 48 heavy (non-hydrogen) atoms. The van der Waals surface area contributed by atoms with Crippen LogP contribution in [0.2, 0.25) is 0 Å². The topological polar surface area (TPSA) is 123 Å². The van der Waals surface area contributed by atoms with Gasteiger partial charge in [-0.25, -0.2) is 13.6 Å². The molecule has 0 unspecified atom stereocenters. The number of piperidine rings is 1. The van der Waals surface area contributed by atoms with Gasteiger partial charge in [0.05, 0.1) is 12.2 Å². The van der Waals surface area contributed by atoms with Gasteiger partial charge in [-0.1, -0.05) is 42.5 Å². The Morgan fingerprint density at radius 3 is 2.44 bits per heavy atom. The van der Waals surface area contributed by atoms with Crippen molar-refractivity contribution in [2.75, 3.05) is 11.9 Å².